The lowest BCUT2D eigenvalue weighted by Crippen LogP contribution is -2.51. The van der Waals surface area contributed by atoms with E-state index in [2.05, 4.69) is 6.07 Å². The predicted octanol–water partition coefficient (Wildman–Crippen LogP) is 7.88. The van der Waals surface area contributed by atoms with Crippen molar-refractivity contribution in [1.29, 1.82) is 5.26 Å². The molecular weight excluding hydrogens is 635 g/mol. The van der Waals surface area contributed by atoms with Crippen LogP contribution in [0.5, 0.6) is 5.75 Å². The number of carbonyl (C=O) groups excluding carboxylic acids is 2. The van der Waals surface area contributed by atoms with Gasteiger partial charge in [0.2, 0.25) is 5.91 Å². The maximum absolute atomic E-state index is 16.2. The van der Waals surface area contributed by atoms with E-state index >= 15 is 8.78 Å². The Bertz CT molecular complexity index is 1740. The monoisotopic (exact) mass is 669 g/mol. The summed E-state index contributed by atoms with van der Waals surface area (Å²) >= 11 is 12.5. The molecule has 0 aliphatic carbocycles. The van der Waals surface area contributed by atoms with Crippen molar-refractivity contribution in [3.63, 3.8) is 0 Å². The number of hydrogen-bond acceptors (Lipinski definition) is 6. The average molecular weight is 671 g/mol. The zero-order valence-electron chi connectivity index (χ0n) is 26.4. The molecule has 0 aromatic heterocycles. The molecule has 0 N–H and O–H groups in total. The van der Waals surface area contributed by atoms with E-state index in [-0.39, 0.29) is 32.5 Å². The molecule has 0 radical (unpaired) electrons. The Balaban J connectivity index is 1.82. The van der Waals surface area contributed by atoms with Crippen LogP contribution < -0.4 is 9.64 Å². The predicted molar refractivity (Wildman–Crippen MR) is 172 cm³/mol. The number of anilines is 1. The Morgan fingerprint density at radius 2 is 1.80 bits per heavy atom. The molecule has 0 bridgehead atoms. The van der Waals surface area contributed by atoms with Gasteiger partial charge in [0.05, 0.1) is 31.5 Å². The van der Waals surface area contributed by atoms with Gasteiger partial charge in [-0.2, -0.15) is 5.26 Å². The molecule has 5 atom stereocenters. The summed E-state index contributed by atoms with van der Waals surface area (Å²) in [7, 11) is 2.67. The van der Waals surface area contributed by atoms with E-state index in [9.17, 15) is 14.9 Å². The first-order valence-corrected chi connectivity index (χ1v) is 15.7. The number of ether oxygens (including phenoxy) is 2. The highest BCUT2D eigenvalue weighted by Gasteiger charge is 2.69. The van der Waals surface area contributed by atoms with Crippen molar-refractivity contribution in [2.75, 3.05) is 19.1 Å². The molecule has 0 spiro atoms. The molecule has 2 aliphatic rings. The SMILES string of the molecule is CC[C@@H]1N(c2ccc(C(=O)OC)c(OC)c2)C(=O)[C@H]2[C@H](c3cccc(Cl)c3F)[C@@](C#N)(c3ccc(Cl)cc3F)[C@H](CC(C)(C)C)N12. The Morgan fingerprint density at radius 1 is 1.09 bits per heavy atom. The minimum atomic E-state index is -1.72. The molecule has 3 aromatic carbocycles. The van der Waals surface area contributed by atoms with Gasteiger partial charge in [-0.3, -0.25) is 14.6 Å². The third-order valence-electron chi connectivity index (χ3n) is 9.06. The average Bonchev–Trinajstić information content (AvgIpc) is 3.45. The fourth-order valence-electron chi connectivity index (χ4n) is 7.34. The van der Waals surface area contributed by atoms with E-state index in [0.29, 0.717) is 18.5 Å². The van der Waals surface area contributed by atoms with Crippen molar-refractivity contribution in [1.82, 2.24) is 4.90 Å². The minimum absolute atomic E-state index is 0.0331. The molecule has 2 aliphatic heterocycles. The minimum Gasteiger partial charge on any atom is -0.496 e. The number of rotatable bonds is 7. The lowest BCUT2D eigenvalue weighted by atomic mass is 9.62. The summed E-state index contributed by atoms with van der Waals surface area (Å²) in [6, 6.07) is 13.9. The number of methoxy groups -OCH3 is 2. The lowest BCUT2D eigenvalue weighted by molar-refractivity contribution is -0.119. The normalized spacial score (nSPS) is 24.5. The molecule has 2 saturated heterocycles. The number of benzene rings is 3. The molecule has 2 fully saturated rings. The first kappa shape index (κ1) is 33.6. The van der Waals surface area contributed by atoms with Gasteiger partial charge in [-0.05, 0) is 54.2 Å². The molecular formula is C35H35Cl2F2N3O4. The zero-order chi connectivity index (χ0) is 33.7. The van der Waals surface area contributed by atoms with Crippen LogP contribution in [-0.4, -0.2) is 49.2 Å². The Morgan fingerprint density at radius 3 is 2.39 bits per heavy atom. The first-order chi connectivity index (χ1) is 21.7. The van der Waals surface area contributed by atoms with Crippen molar-refractivity contribution in [3.8, 4) is 11.8 Å². The van der Waals surface area contributed by atoms with Crippen LogP contribution in [0, 0.1) is 28.4 Å². The van der Waals surface area contributed by atoms with Crippen LogP contribution in [0.2, 0.25) is 10.0 Å². The maximum Gasteiger partial charge on any atom is 0.341 e. The fourth-order valence-corrected chi connectivity index (χ4v) is 7.68. The van der Waals surface area contributed by atoms with E-state index in [4.69, 9.17) is 32.7 Å². The number of fused-ring (bicyclic) bond motifs is 1. The van der Waals surface area contributed by atoms with Crippen molar-refractivity contribution in [3.05, 3.63) is 93.0 Å². The van der Waals surface area contributed by atoms with Gasteiger partial charge in [-0.25, -0.2) is 13.6 Å². The molecule has 7 nitrogen and oxygen atoms in total. The van der Waals surface area contributed by atoms with E-state index < -0.39 is 58.5 Å². The summed E-state index contributed by atoms with van der Waals surface area (Å²) in [5, 5.41) is 11.2. The van der Waals surface area contributed by atoms with E-state index in [0.717, 1.165) is 6.07 Å². The highest BCUT2D eigenvalue weighted by molar-refractivity contribution is 6.31. The van der Waals surface area contributed by atoms with Crippen LogP contribution in [0.25, 0.3) is 0 Å². The molecule has 46 heavy (non-hydrogen) atoms. The van der Waals surface area contributed by atoms with Crippen molar-refractivity contribution in [2.24, 2.45) is 5.41 Å². The van der Waals surface area contributed by atoms with E-state index in [1.807, 2.05) is 32.6 Å². The number of carbonyl (C=O) groups is 2. The van der Waals surface area contributed by atoms with Crippen molar-refractivity contribution >= 4 is 40.8 Å². The number of amides is 1. The molecule has 242 valence electrons. The smallest absolute Gasteiger partial charge is 0.341 e. The topological polar surface area (TPSA) is 82.9 Å². The lowest BCUT2D eigenvalue weighted by Gasteiger charge is -2.42. The summed E-state index contributed by atoms with van der Waals surface area (Å²) in [5.74, 6) is -3.46. The largest absolute Gasteiger partial charge is 0.496 e. The summed E-state index contributed by atoms with van der Waals surface area (Å²) in [6.07, 6.45) is 0.160. The van der Waals surface area contributed by atoms with Crippen LogP contribution in [0.3, 0.4) is 0 Å². The standard InChI is InChI=1S/C35H35Cl2F2N3O4/c1-7-28-41(20-12-13-21(33(44)46-6)26(16-20)45-5)32(43)31-29(22-9-8-10-24(37)30(22)39)35(18-40,23-14-11-19(36)15-25(23)38)27(42(28)31)17-34(2,3)4/h8-16,27-29,31H,7,17H2,1-6H3/t27-,28+,29-,31+,35-/m0/s1. The van der Waals surface area contributed by atoms with Gasteiger partial charge in [-0.15, -0.1) is 0 Å². The van der Waals surface area contributed by atoms with Gasteiger partial charge in [0, 0.05) is 34.3 Å². The highest BCUT2D eigenvalue weighted by atomic mass is 35.5. The molecule has 5 rings (SSSR count). The molecule has 3 aromatic rings. The molecule has 0 saturated carbocycles. The maximum atomic E-state index is 16.2. The van der Waals surface area contributed by atoms with Crippen LogP contribution >= 0.6 is 23.2 Å². The number of nitrogens with zero attached hydrogens (tertiary/aromatic N) is 3. The van der Waals surface area contributed by atoms with Gasteiger partial charge < -0.3 is 9.47 Å². The second kappa shape index (κ2) is 12.5. The second-order valence-electron chi connectivity index (χ2n) is 12.9. The van der Waals surface area contributed by atoms with Gasteiger partial charge in [0.15, 0.2) is 0 Å². The van der Waals surface area contributed by atoms with Gasteiger partial charge in [0.1, 0.15) is 34.4 Å². The third-order valence-corrected chi connectivity index (χ3v) is 9.59. The Kier molecular flexibility index (Phi) is 9.13. The molecule has 2 heterocycles. The van der Waals surface area contributed by atoms with Crippen LogP contribution in [0.1, 0.15) is 67.9 Å². The molecule has 1 amide bonds. The van der Waals surface area contributed by atoms with E-state index in [1.165, 1.54) is 44.6 Å². The van der Waals surface area contributed by atoms with Crippen molar-refractivity contribution < 1.29 is 27.8 Å². The van der Waals surface area contributed by atoms with Crippen LogP contribution in [-0.2, 0) is 14.9 Å². The zero-order valence-corrected chi connectivity index (χ0v) is 27.9. The number of hydrogen-bond donors (Lipinski definition) is 0. The quantitative estimate of drug-likeness (QED) is 0.238. The summed E-state index contributed by atoms with van der Waals surface area (Å²) in [5.41, 5.74) is -1.43. The number of nitriles is 1. The molecule has 0 unspecified atom stereocenters. The summed E-state index contributed by atoms with van der Waals surface area (Å²) in [4.78, 5) is 30.8. The number of esters is 1. The third kappa shape index (κ3) is 5.30. The number of halogens is 4. The Labute approximate surface area is 277 Å². The highest BCUT2D eigenvalue weighted by Crippen LogP contribution is 2.60. The van der Waals surface area contributed by atoms with Crippen molar-refractivity contribution in [2.45, 2.75) is 70.1 Å². The molecule has 11 heteroatoms. The first-order valence-electron chi connectivity index (χ1n) is 14.9. The van der Waals surface area contributed by atoms with Crippen LogP contribution in [0.4, 0.5) is 14.5 Å². The summed E-state index contributed by atoms with van der Waals surface area (Å²) in [6.45, 7) is 7.92. The van der Waals surface area contributed by atoms with Gasteiger partial charge in [-0.1, -0.05) is 69.1 Å². The summed E-state index contributed by atoms with van der Waals surface area (Å²) < 4.78 is 42.6. The fraction of sp³-hybridized carbons (Fsp3) is 0.400. The van der Waals surface area contributed by atoms with Crippen LogP contribution in [0.15, 0.2) is 54.6 Å². The van der Waals surface area contributed by atoms with Gasteiger partial charge in [0.25, 0.3) is 0 Å². The van der Waals surface area contributed by atoms with Gasteiger partial charge >= 0.3 is 5.97 Å². The Hall–Kier alpha value is -3.71. The second-order valence-corrected chi connectivity index (χ2v) is 13.7. The van der Waals surface area contributed by atoms with E-state index in [1.54, 1.807) is 23.1 Å².